The van der Waals surface area contributed by atoms with Crippen molar-refractivity contribution in [2.45, 2.75) is 19.4 Å². The summed E-state index contributed by atoms with van der Waals surface area (Å²) in [5, 5.41) is 1.14. The van der Waals surface area contributed by atoms with Crippen LogP contribution in [-0.2, 0) is 0 Å². The summed E-state index contributed by atoms with van der Waals surface area (Å²) in [6.45, 7) is 2.08. The van der Waals surface area contributed by atoms with E-state index < -0.39 is 0 Å². The molecule has 2 rings (SSSR count). The van der Waals surface area contributed by atoms with Crippen LogP contribution in [0.4, 0.5) is 0 Å². The molecular formula is C10H13N3. The molecule has 0 aliphatic heterocycles. The molecule has 2 aromatic rings. The summed E-state index contributed by atoms with van der Waals surface area (Å²) in [6, 6.07) is 2.07. The highest BCUT2D eigenvalue weighted by molar-refractivity contribution is 5.82. The molecule has 0 aromatic carbocycles. The molecule has 0 spiro atoms. The van der Waals surface area contributed by atoms with E-state index >= 15 is 0 Å². The minimum Gasteiger partial charge on any atom is -0.361 e. The number of rotatable bonds is 2. The number of nitrogens with one attached hydrogen (secondary N) is 1. The Labute approximate surface area is 77.0 Å². The summed E-state index contributed by atoms with van der Waals surface area (Å²) >= 11 is 0. The topological polar surface area (TPSA) is 54.7 Å². The zero-order valence-electron chi connectivity index (χ0n) is 7.62. The molecule has 1 atom stereocenters. The van der Waals surface area contributed by atoms with E-state index in [2.05, 4.69) is 16.9 Å². The minimum atomic E-state index is 0.109. The molecule has 3 heteroatoms. The number of nitrogens with zero attached hydrogens (tertiary/aromatic N) is 1. The second kappa shape index (κ2) is 3.18. The van der Waals surface area contributed by atoms with E-state index in [1.165, 1.54) is 0 Å². The maximum Gasteiger partial charge on any atom is 0.0488 e. The Bertz CT molecular complexity index is 405. The highest BCUT2D eigenvalue weighted by Crippen LogP contribution is 2.23. The van der Waals surface area contributed by atoms with Crippen molar-refractivity contribution in [1.82, 2.24) is 9.97 Å². The van der Waals surface area contributed by atoms with Crippen molar-refractivity contribution in [2.24, 2.45) is 5.73 Å². The average Bonchev–Trinajstić information content (AvgIpc) is 2.60. The highest BCUT2D eigenvalue weighted by Gasteiger charge is 2.08. The number of aromatic nitrogens is 2. The minimum absolute atomic E-state index is 0.109. The van der Waals surface area contributed by atoms with Gasteiger partial charge in [0.05, 0.1) is 0 Å². The van der Waals surface area contributed by atoms with Gasteiger partial charge in [0.1, 0.15) is 0 Å². The molecule has 0 fully saturated rings. The summed E-state index contributed by atoms with van der Waals surface area (Å²) in [5.41, 5.74) is 8.22. The van der Waals surface area contributed by atoms with E-state index in [-0.39, 0.29) is 6.04 Å². The molecule has 2 heterocycles. The first-order valence-corrected chi connectivity index (χ1v) is 4.49. The number of nitrogens with two attached hydrogens (primary N) is 1. The molecule has 0 aliphatic rings. The van der Waals surface area contributed by atoms with Crippen LogP contribution in [0.3, 0.4) is 0 Å². The number of pyridine rings is 1. The van der Waals surface area contributed by atoms with E-state index in [1.54, 1.807) is 6.20 Å². The molecule has 2 aromatic heterocycles. The van der Waals surface area contributed by atoms with Crippen molar-refractivity contribution in [3.63, 3.8) is 0 Å². The van der Waals surface area contributed by atoms with Crippen LogP contribution in [0.5, 0.6) is 0 Å². The molecule has 0 amide bonds. The molecule has 0 radical (unpaired) electrons. The average molecular weight is 175 g/mol. The maximum atomic E-state index is 5.96. The summed E-state index contributed by atoms with van der Waals surface area (Å²) in [6.07, 6.45) is 6.55. The second-order valence-electron chi connectivity index (χ2n) is 3.18. The molecule has 68 valence electrons. The van der Waals surface area contributed by atoms with Crippen molar-refractivity contribution in [3.05, 3.63) is 30.2 Å². The Morgan fingerprint density at radius 2 is 2.46 bits per heavy atom. The highest BCUT2D eigenvalue weighted by atomic mass is 14.7. The molecular weight excluding hydrogens is 162 g/mol. The van der Waals surface area contributed by atoms with E-state index in [0.29, 0.717) is 0 Å². The van der Waals surface area contributed by atoms with Gasteiger partial charge in [0.2, 0.25) is 0 Å². The molecule has 0 saturated heterocycles. The number of fused-ring (bicyclic) bond motifs is 1. The molecule has 0 saturated carbocycles. The number of H-pyrrole nitrogens is 1. The standard InChI is InChI=1S/C10H13N3/c1-2-9(11)7-6-13-10-3-4-12-5-8(7)10/h3-6,9,13H,2,11H2,1H3/t9-/m0/s1. The Balaban J connectivity index is 2.57. The van der Waals surface area contributed by atoms with Gasteiger partial charge in [-0.2, -0.15) is 0 Å². The predicted octanol–water partition coefficient (Wildman–Crippen LogP) is 1.97. The van der Waals surface area contributed by atoms with Gasteiger partial charge in [0.15, 0.2) is 0 Å². The molecule has 0 bridgehead atoms. The Morgan fingerprint density at radius 3 is 3.23 bits per heavy atom. The van der Waals surface area contributed by atoms with Crippen LogP contribution in [0.15, 0.2) is 24.7 Å². The van der Waals surface area contributed by atoms with Crippen molar-refractivity contribution < 1.29 is 0 Å². The van der Waals surface area contributed by atoms with E-state index in [0.717, 1.165) is 22.9 Å². The summed E-state index contributed by atoms with van der Waals surface area (Å²) in [4.78, 5) is 7.27. The fourth-order valence-electron chi connectivity index (χ4n) is 1.51. The van der Waals surface area contributed by atoms with Gasteiger partial charge in [0.25, 0.3) is 0 Å². The normalized spacial score (nSPS) is 13.4. The van der Waals surface area contributed by atoms with E-state index in [9.17, 15) is 0 Å². The summed E-state index contributed by atoms with van der Waals surface area (Å²) in [7, 11) is 0. The van der Waals surface area contributed by atoms with Crippen LogP contribution in [0.1, 0.15) is 24.9 Å². The quantitative estimate of drug-likeness (QED) is 0.733. The first-order valence-electron chi connectivity index (χ1n) is 4.49. The third-order valence-corrected chi connectivity index (χ3v) is 2.35. The largest absolute Gasteiger partial charge is 0.361 e. The predicted molar refractivity (Wildman–Crippen MR) is 53.3 cm³/mol. The first-order chi connectivity index (χ1) is 6.33. The van der Waals surface area contributed by atoms with Crippen LogP contribution in [0, 0.1) is 0 Å². The van der Waals surface area contributed by atoms with Gasteiger partial charge < -0.3 is 10.7 Å². The lowest BCUT2D eigenvalue weighted by Crippen LogP contribution is -2.07. The van der Waals surface area contributed by atoms with Gasteiger partial charge in [-0.15, -0.1) is 0 Å². The van der Waals surface area contributed by atoms with Crippen molar-refractivity contribution in [3.8, 4) is 0 Å². The third-order valence-electron chi connectivity index (χ3n) is 2.35. The van der Waals surface area contributed by atoms with Gasteiger partial charge in [-0.05, 0) is 18.1 Å². The van der Waals surface area contributed by atoms with Gasteiger partial charge in [0, 0.05) is 35.5 Å². The molecule has 0 aliphatic carbocycles. The van der Waals surface area contributed by atoms with Crippen molar-refractivity contribution in [1.29, 1.82) is 0 Å². The lowest BCUT2D eigenvalue weighted by atomic mass is 10.1. The molecule has 0 unspecified atom stereocenters. The van der Waals surface area contributed by atoms with Crippen LogP contribution in [0.25, 0.3) is 10.9 Å². The van der Waals surface area contributed by atoms with Crippen molar-refractivity contribution >= 4 is 10.9 Å². The second-order valence-corrected chi connectivity index (χ2v) is 3.18. The SMILES string of the molecule is CC[C@H](N)c1c[nH]c2ccncc12. The lowest BCUT2D eigenvalue weighted by molar-refractivity contribution is 0.704. The fourth-order valence-corrected chi connectivity index (χ4v) is 1.51. The maximum absolute atomic E-state index is 5.96. The molecule has 3 N–H and O–H groups in total. The lowest BCUT2D eigenvalue weighted by Gasteiger charge is -2.05. The Hall–Kier alpha value is -1.35. The van der Waals surface area contributed by atoms with Gasteiger partial charge in [-0.25, -0.2) is 0 Å². The molecule has 13 heavy (non-hydrogen) atoms. The smallest absolute Gasteiger partial charge is 0.0488 e. The number of aromatic amines is 1. The summed E-state index contributed by atoms with van der Waals surface area (Å²) < 4.78 is 0. The van der Waals surface area contributed by atoms with Crippen LogP contribution in [-0.4, -0.2) is 9.97 Å². The first kappa shape index (κ1) is 8.26. The van der Waals surface area contributed by atoms with E-state index in [1.807, 2.05) is 18.5 Å². The summed E-state index contributed by atoms with van der Waals surface area (Å²) in [5.74, 6) is 0. The van der Waals surface area contributed by atoms with Crippen molar-refractivity contribution in [2.75, 3.05) is 0 Å². The number of hydrogen-bond acceptors (Lipinski definition) is 2. The Morgan fingerprint density at radius 1 is 1.62 bits per heavy atom. The van der Waals surface area contributed by atoms with Gasteiger partial charge in [-0.3, -0.25) is 4.98 Å². The number of hydrogen-bond donors (Lipinski definition) is 2. The van der Waals surface area contributed by atoms with Crippen LogP contribution in [0.2, 0.25) is 0 Å². The molecule has 3 nitrogen and oxygen atoms in total. The van der Waals surface area contributed by atoms with Gasteiger partial charge in [-0.1, -0.05) is 6.92 Å². The van der Waals surface area contributed by atoms with Gasteiger partial charge >= 0.3 is 0 Å². The fraction of sp³-hybridized carbons (Fsp3) is 0.300. The van der Waals surface area contributed by atoms with Crippen LogP contribution >= 0.6 is 0 Å². The zero-order valence-corrected chi connectivity index (χ0v) is 7.62. The Kier molecular flexibility index (Phi) is 2.02. The third kappa shape index (κ3) is 1.31. The van der Waals surface area contributed by atoms with E-state index in [4.69, 9.17) is 5.73 Å². The zero-order chi connectivity index (χ0) is 9.26. The van der Waals surface area contributed by atoms with Crippen LogP contribution < -0.4 is 5.73 Å². The monoisotopic (exact) mass is 175 g/mol.